The molecule has 48 heavy (non-hydrogen) atoms. The van der Waals surface area contributed by atoms with Crippen LogP contribution < -0.4 is 20.1 Å². The topological polar surface area (TPSA) is 135 Å². The Kier molecular flexibility index (Phi) is 9.44. The molecule has 0 aliphatic carbocycles. The summed E-state index contributed by atoms with van der Waals surface area (Å²) < 4.78 is 21.6. The summed E-state index contributed by atoms with van der Waals surface area (Å²) in [5.74, 6) is 3.83. The van der Waals surface area contributed by atoms with E-state index >= 15 is 0 Å². The molecule has 4 saturated heterocycles. The van der Waals surface area contributed by atoms with Crippen LogP contribution in [0.2, 0.25) is 0 Å². The Hall–Kier alpha value is -4.68. The fraction of sp³-hybridized carbons (Fsp3) is 0.444. The second kappa shape index (κ2) is 14.2. The van der Waals surface area contributed by atoms with E-state index in [1.165, 1.54) is 25.9 Å². The number of ether oxygens (including phenoxy) is 2. The molecule has 4 fully saturated rings. The Balaban J connectivity index is 0.000000152. The summed E-state index contributed by atoms with van der Waals surface area (Å²) in [6.07, 6.45) is 7.75. The quantitative estimate of drug-likeness (QED) is 0.282. The van der Waals surface area contributed by atoms with Gasteiger partial charge in [0.2, 0.25) is 0 Å². The zero-order valence-electron chi connectivity index (χ0n) is 27.4. The van der Waals surface area contributed by atoms with E-state index in [0.29, 0.717) is 23.4 Å². The van der Waals surface area contributed by atoms with Crippen LogP contribution in [0.15, 0.2) is 69.8 Å². The van der Waals surface area contributed by atoms with Crippen molar-refractivity contribution in [3.63, 3.8) is 0 Å². The summed E-state index contributed by atoms with van der Waals surface area (Å²) in [6, 6.07) is 15.3. The molecule has 0 radical (unpaired) electrons. The largest absolute Gasteiger partial charge is 0.497 e. The number of oxazole rings is 2. The first kappa shape index (κ1) is 31.9. The number of amides is 2. The molecule has 4 bridgehead atoms. The first-order valence-corrected chi connectivity index (χ1v) is 16.7. The maximum absolute atomic E-state index is 12.4. The molecule has 4 aliphatic rings. The molecule has 2 aromatic carbocycles. The third-order valence-electron chi connectivity index (χ3n) is 9.73. The van der Waals surface area contributed by atoms with Crippen molar-refractivity contribution in [1.29, 1.82) is 0 Å². The van der Waals surface area contributed by atoms with Crippen molar-refractivity contribution in [2.75, 3.05) is 53.5 Å². The third-order valence-corrected chi connectivity index (χ3v) is 9.73. The molecule has 12 nitrogen and oxygen atoms in total. The smallest absolute Gasteiger partial charge is 0.307 e. The van der Waals surface area contributed by atoms with Gasteiger partial charge in [0.25, 0.3) is 11.8 Å². The number of carbonyl (C=O) groups is 2. The molecule has 4 aromatic rings. The molecular formula is C36H42N6O6. The first-order chi connectivity index (χ1) is 23.4. The number of rotatable bonds is 8. The van der Waals surface area contributed by atoms with Crippen molar-refractivity contribution < 1.29 is 27.9 Å². The second-order valence-electron chi connectivity index (χ2n) is 13.2. The summed E-state index contributed by atoms with van der Waals surface area (Å²) in [6.45, 7) is 6.49. The molecule has 2 amide bonds. The number of benzene rings is 2. The van der Waals surface area contributed by atoms with Gasteiger partial charge in [-0.1, -0.05) is 12.1 Å². The van der Waals surface area contributed by atoms with Gasteiger partial charge < -0.3 is 38.7 Å². The van der Waals surface area contributed by atoms with Gasteiger partial charge in [-0.05, 0) is 87.0 Å². The van der Waals surface area contributed by atoms with Gasteiger partial charge in [0.15, 0.2) is 11.5 Å². The number of fused-ring (bicyclic) bond motifs is 4. The van der Waals surface area contributed by atoms with Crippen molar-refractivity contribution in [2.24, 2.45) is 11.8 Å². The van der Waals surface area contributed by atoms with Crippen LogP contribution in [0.3, 0.4) is 0 Å². The number of aromatic nitrogens is 2. The van der Waals surface area contributed by atoms with E-state index in [0.717, 1.165) is 61.6 Å². The number of hydrogen-bond donors (Lipinski definition) is 2. The Morgan fingerprint density at radius 1 is 0.708 bits per heavy atom. The molecule has 4 aliphatic heterocycles. The van der Waals surface area contributed by atoms with E-state index in [2.05, 4.69) is 30.4 Å². The molecular weight excluding hydrogens is 612 g/mol. The van der Waals surface area contributed by atoms with Gasteiger partial charge in [-0.15, -0.1) is 0 Å². The summed E-state index contributed by atoms with van der Waals surface area (Å²) in [7, 11) is 3.24. The highest BCUT2D eigenvalue weighted by atomic mass is 16.5. The van der Waals surface area contributed by atoms with Crippen LogP contribution in [0, 0.1) is 11.8 Å². The van der Waals surface area contributed by atoms with Gasteiger partial charge >= 0.3 is 11.8 Å². The van der Waals surface area contributed by atoms with E-state index < -0.39 is 0 Å². The lowest BCUT2D eigenvalue weighted by atomic mass is 9.97. The molecule has 6 atom stereocenters. The fourth-order valence-corrected chi connectivity index (χ4v) is 7.38. The third kappa shape index (κ3) is 7.39. The van der Waals surface area contributed by atoms with Gasteiger partial charge in [-0.2, -0.15) is 0 Å². The minimum Gasteiger partial charge on any atom is -0.497 e. The van der Waals surface area contributed by atoms with E-state index in [1.54, 1.807) is 26.6 Å². The van der Waals surface area contributed by atoms with Crippen molar-refractivity contribution in [1.82, 2.24) is 30.4 Å². The van der Waals surface area contributed by atoms with Crippen LogP contribution in [0.25, 0.3) is 22.6 Å². The number of piperidine rings is 2. The molecule has 6 heterocycles. The van der Waals surface area contributed by atoms with Crippen molar-refractivity contribution in [3.05, 3.63) is 72.7 Å². The van der Waals surface area contributed by atoms with Crippen LogP contribution >= 0.6 is 0 Å². The number of nitrogens with zero attached hydrogens (tertiary/aromatic N) is 4. The van der Waals surface area contributed by atoms with Gasteiger partial charge in [0.1, 0.15) is 11.5 Å². The van der Waals surface area contributed by atoms with Crippen molar-refractivity contribution in [2.45, 2.75) is 37.8 Å². The Labute approximate surface area is 279 Å². The van der Waals surface area contributed by atoms with Gasteiger partial charge in [-0.3, -0.25) is 9.59 Å². The standard InChI is InChI=1S/2C18H21N3O3/c1-23-15-4-2-13(3-5-15)16-9-19-18(24-16)17(22)20-14-8-12-6-7-21(10-12)11-14;1-23-15-4-2-3-13(8-15)16-9-19-18(24-16)17(22)20-14-7-12-5-6-21(10-12)11-14/h2-5,9,12,14H,6-8,10-11H2,1H3,(H,20,22);2-4,8-9,12,14H,5-7,10-11H2,1H3,(H,20,22)/t2*12-,14-/m11/s1. The molecule has 2 N–H and O–H groups in total. The van der Waals surface area contributed by atoms with Gasteiger partial charge in [0.05, 0.1) is 26.6 Å². The molecule has 0 saturated carbocycles. The van der Waals surface area contributed by atoms with E-state index in [4.69, 9.17) is 18.3 Å². The molecule has 252 valence electrons. The summed E-state index contributed by atoms with van der Waals surface area (Å²) in [4.78, 5) is 37.9. The van der Waals surface area contributed by atoms with Gasteiger partial charge in [-0.25, -0.2) is 9.97 Å². The SMILES string of the molecule is COc1ccc(-c2cnc(C(=O)N[C@@H]3C[C@H]4CCN(C4)C3)o2)cc1.COc1cccc(-c2cnc(C(=O)N[C@@H]3C[C@H]4CCN(C4)C3)o2)c1. The lowest BCUT2D eigenvalue weighted by molar-refractivity contribution is 0.0867. The minimum absolute atomic E-state index is 0.112. The lowest BCUT2D eigenvalue weighted by Crippen LogP contribution is -2.47. The Morgan fingerprint density at radius 3 is 1.77 bits per heavy atom. The zero-order chi connectivity index (χ0) is 33.0. The monoisotopic (exact) mass is 654 g/mol. The van der Waals surface area contributed by atoms with Crippen molar-refractivity contribution in [3.8, 4) is 34.1 Å². The highest BCUT2D eigenvalue weighted by molar-refractivity contribution is 5.90. The highest BCUT2D eigenvalue weighted by Crippen LogP contribution is 2.29. The highest BCUT2D eigenvalue weighted by Gasteiger charge is 2.34. The van der Waals surface area contributed by atoms with E-state index in [9.17, 15) is 9.59 Å². The lowest BCUT2D eigenvalue weighted by Gasteiger charge is -2.30. The average molecular weight is 655 g/mol. The number of methoxy groups -OCH3 is 2. The summed E-state index contributed by atoms with van der Waals surface area (Å²) >= 11 is 0. The number of hydrogen-bond acceptors (Lipinski definition) is 10. The van der Waals surface area contributed by atoms with Crippen LogP contribution in [0.4, 0.5) is 0 Å². The minimum atomic E-state index is -0.239. The maximum Gasteiger partial charge on any atom is 0.307 e. The predicted molar refractivity (Wildman–Crippen MR) is 178 cm³/mol. The molecule has 2 aromatic heterocycles. The van der Waals surface area contributed by atoms with Gasteiger partial charge in [0, 0.05) is 49.4 Å². The molecule has 12 heteroatoms. The fourth-order valence-electron chi connectivity index (χ4n) is 7.38. The van der Waals surface area contributed by atoms with E-state index in [1.807, 2.05) is 48.5 Å². The van der Waals surface area contributed by atoms with E-state index in [-0.39, 0.29) is 35.7 Å². The molecule has 8 rings (SSSR count). The molecule has 0 spiro atoms. The number of nitrogens with one attached hydrogen (secondary N) is 2. The zero-order valence-corrected chi connectivity index (χ0v) is 27.4. The van der Waals surface area contributed by atoms with Crippen LogP contribution in [0.1, 0.15) is 47.1 Å². The summed E-state index contributed by atoms with van der Waals surface area (Å²) in [5, 5.41) is 6.12. The second-order valence-corrected chi connectivity index (χ2v) is 13.2. The normalized spacial score (nSPS) is 25.5. The number of carbonyl (C=O) groups excluding carboxylic acids is 2. The molecule has 2 unspecified atom stereocenters. The average Bonchev–Trinajstić information content (AvgIpc) is 3.93. The Bertz CT molecular complexity index is 1700. The first-order valence-electron chi connectivity index (χ1n) is 16.7. The van der Waals surface area contributed by atoms with Crippen LogP contribution in [-0.2, 0) is 0 Å². The summed E-state index contributed by atoms with van der Waals surface area (Å²) in [5.41, 5.74) is 1.70. The predicted octanol–water partition coefficient (Wildman–Crippen LogP) is 4.35. The van der Waals surface area contributed by atoms with Crippen LogP contribution in [0.5, 0.6) is 11.5 Å². The Morgan fingerprint density at radius 2 is 1.25 bits per heavy atom. The maximum atomic E-state index is 12.4. The van der Waals surface area contributed by atoms with Crippen molar-refractivity contribution >= 4 is 11.8 Å². The van der Waals surface area contributed by atoms with Crippen LogP contribution in [-0.4, -0.2) is 97.2 Å².